The first-order valence-corrected chi connectivity index (χ1v) is 11.8. The number of rotatable bonds is 7. The topological polar surface area (TPSA) is 93.1 Å². The highest BCUT2D eigenvalue weighted by molar-refractivity contribution is 7.89. The molecule has 1 heterocycles. The molecule has 3 aromatic rings. The Morgan fingerprint density at radius 2 is 1.78 bits per heavy atom. The number of carbonyl (C=O) groups excluding carboxylic acids is 1. The van der Waals surface area contributed by atoms with Gasteiger partial charge in [-0.3, -0.25) is 4.79 Å². The minimum Gasteiger partial charge on any atom is -0.345 e. The summed E-state index contributed by atoms with van der Waals surface area (Å²) in [7, 11) is -3.78. The Hall–Kier alpha value is -2.75. The van der Waals surface area contributed by atoms with Crippen molar-refractivity contribution in [2.24, 2.45) is 0 Å². The number of amides is 1. The smallest absolute Gasteiger partial charge is 0.253 e. The maximum atomic E-state index is 13.2. The molecule has 7 nitrogen and oxygen atoms in total. The third-order valence-corrected chi connectivity index (χ3v) is 6.80. The number of carbonyl (C=O) groups is 1. The number of sulfonamides is 1. The van der Waals surface area contributed by atoms with E-state index in [1.165, 1.54) is 30.3 Å². The van der Waals surface area contributed by atoms with E-state index in [9.17, 15) is 17.6 Å². The van der Waals surface area contributed by atoms with Crippen LogP contribution in [0.3, 0.4) is 0 Å². The molecule has 170 valence electrons. The van der Waals surface area contributed by atoms with Crippen LogP contribution in [0.1, 0.15) is 48.4 Å². The van der Waals surface area contributed by atoms with Crippen LogP contribution in [-0.4, -0.2) is 30.1 Å². The second-order valence-corrected chi connectivity index (χ2v) is 9.81. The van der Waals surface area contributed by atoms with E-state index in [-0.39, 0.29) is 27.3 Å². The monoisotopic (exact) mass is 478 g/mol. The van der Waals surface area contributed by atoms with Gasteiger partial charge in [-0.25, -0.2) is 22.2 Å². The summed E-state index contributed by atoms with van der Waals surface area (Å²) < 4.78 is 42.2. The number of aromatic nitrogens is 2. The second kappa shape index (κ2) is 9.40. The lowest BCUT2D eigenvalue weighted by Gasteiger charge is -2.16. The zero-order valence-corrected chi connectivity index (χ0v) is 19.6. The third-order valence-electron chi connectivity index (χ3n) is 4.82. The summed E-state index contributed by atoms with van der Waals surface area (Å²) in [6.07, 6.45) is 1.62. The average molecular weight is 479 g/mol. The first-order chi connectivity index (χ1) is 15.0. The quantitative estimate of drug-likeness (QED) is 0.533. The summed E-state index contributed by atoms with van der Waals surface area (Å²) in [5, 5.41) is 7.31. The summed E-state index contributed by atoms with van der Waals surface area (Å²) in [5.41, 5.74) is 2.26. The molecular weight excluding hydrogens is 455 g/mol. The molecule has 1 aromatic heterocycles. The summed E-state index contributed by atoms with van der Waals surface area (Å²) in [5.74, 6) is -0.859. The van der Waals surface area contributed by atoms with Gasteiger partial charge in [0, 0.05) is 17.3 Å². The van der Waals surface area contributed by atoms with E-state index >= 15 is 0 Å². The van der Waals surface area contributed by atoms with Gasteiger partial charge < -0.3 is 5.32 Å². The van der Waals surface area contributed by atoms with Crippen LogP contribution in [0.15, 0.2) is 53.6 Å². The zero-order valence-electron chi connectivity index (χ0n) is 18.1. The van der Waals surface area contributed by atoms with E-state index in [1.54, 1.807) is 43.8 Å². The van der Waals surface area contributed by atoms with Crippen LogP contribution in [-0.2, 0) is 10.0 Å². The fraction of sp³-hybridized carbons (Fsp3) is 0.273. The Bertz CT molecular complexity index is 1240. The Labute approximate surface area is 191 Å². The van der Waals surface area contributed by atoms with Crippen LogP contribution in [0.25, 0.3) is 5.69 Å². The molecule has 0 spiro atoms. The lowest BCUT2D eigenvalue weighted by molar-refractivity contribution is 0.0939. The molecule has 1 atom stereocenters. The van der Waals surface area contributed by atoms with Crippen molar-refractivity contribution in [3.05, 3.63) is 76.3 Å². The molecule has 1 amide bonds. The molecule has 0 fully saturated rings. The van der Waals surface area contributed by atoms with Gasteiger partial charge in [0.25, 0.3) is 5.91 Å². The van der Waals surface area contributed by atoms with E-state index in [0.29, 0.717) is 5.69 Å². The number of nitrogens with one attached hydrogen (secondary N) is 2. The summed E-state index contributed by atoms with van der Waals surface area (Å²) in [4.78, 5) is 12.8. The van der Waals surface area contributed by atoms with Crippen LogP contribution < -0.4 is 10.0 Å². The maximum absolute atomic E-state index is 13.2. The Morgan fingerprint density at radius 1 is 1.12 bits per heavy atom. The Balaban J connectivity index is 1.83. The number of halogens is 2. The number of hydrogen-bond donors (Lipinski definition) is 2. The van der Waals surface area contributed by atoms with Crippen LogP contribution in [0.2, 0.25) is 5.02 Å². The molecule has 10 heteroatoms. The predicted molar refractivity (Wildman–Crippen MR) is 121 cm³/mol. The molecule has 0 aliphatic heterocycles. The Kier molecular flexibility index (Phi) is 7.02. The highest BCUT2D eigenvalue weighted by Gasteiger charge is 2.22. The molecule has 3 rings (SSSR count). The molecule has 1 unspecified atom stereocenters. The van der Waals surface area contributed by atoms with E-state index in [1.807, 2.05) is 6.92 Å². The second-order valence-electron chi connectivity index (χ2n) is 7.69. The lowest BCUT2D eigenvalue weighted by Crippen LogP contribution is -2.31. The van der Waals surface area contributed by atoms with Gasteiger partial charge in [0.2, 0.25) is 10.0 Å². The van der Waals surface area contributed by atoms with Crippen LogP contribution >= 0.6 is 11.6 Å². The molecule has 0 radical (unpaired) electrons. The Morgan fingerprint density at radius 3 is 2.41 bits per heavy atom. The normalized spacial score (nSPS) is 12.7. The maximum Gasteiger partial charge on any atom is 0.253 e. The first kappa shape index (κ1) is 23.9. The average Bonchev–Trinajstić information content (AvgIpc) is 3.09. The van der Waals surface area contributed by atoms with Crippen molar-refractivity contribution < 1.29 is 17.6 Å². The van der Waals surface area contributed by atoms with Gasteiger partial charge in [0.15, 0.2) is 0 Å². The van der Waals surface area contributed by atoms with E-state index in [4.69, 9.17) is 11.6 Å². The number of nitrogens with zero attached hydrogens (tertiary/aromatic N) is 2. The molecule has 2 N–H and O–H groups in total. The van der Waals surface area contributed by atoms with E-state index in [0.717, 1.165) is 11.3 Å². The first-order valence-electron chi connectivity index (χ1n) is 9.93. The van der Waals surface area contributed by atoms with Gasteiger partial charge in [0.1, 0.15) is 5.82 Å². The van der Waals surface area contributed by atoms with Crippen molar-refractivity contribution in [3.8, 4) is 5.69 Å². The van der Waals surface area contributed by atoms with Crippen molar-refractivity contribution in [2.45, 2.75) is 44.7 Å². The van der Waals surface area contributed by atoms with E-state index < -0.39 is 22.0 Å². The third kappa shape index (κ3) is 5.17. The zero-order chi connectivity index (χ0) is 23.6. The van der Waals surface area contributed by atoms with Gasteiger partial charge in [-0.05, 0) is 70.2 Å². The van der Waals surface area contributed by atoms with Gasteiger partial charge >= 0.3 is 0 Å². The van der Waals surface area contributed by atoms with E-state index in [2.05, 4.69) is 15.1 Å². The van der Waals surface area contributed by atoms with Crippen molar-refractivity contribution in [3.63, 3.8) is 0 Å². The standard InChI is InChI=1S/C22H24ClFN4O3S/c1-13(2)27-32(30,31)18-9-10-21(23)19(11-18)22(29)26-14(3)20-12-25-28(15(20)4)17-7-5-16(24)6-8-17/h5-14,27H,1-4H3,(H,26,29). The lowest BCUT2D eigenvalue weighted by atomic mass is 10.1. The number of benzene rings is 2. The van der Waals surface area contributed by atoms with Gasteiger partial charge in [0.05, 0.1) is 33.4 Å². The van der Waals surface area contributed by atoms with Gasteiger partial charge in [-0.1, -0.05) is 11.6 Å². The van der Waals surface area contributed by atoms with Crippen molar-refractivity contribution >= 4 is 27.5 Å². The SMILES string of the molecule is Cc1c(C(C)NC(=O)c2cc(S(=O)(=O)NC(C)C)ccc2Cl)cnn1-c1ccc(F)cc1. The minimum absolute atomic E-state index is 0.0475. The van der Waals surface area contributed by atoms with Gasteiger partial charge in [-0.2, -0.15) is 5.10 Å². The molecular formula is C22H24ClFN4O3S. The molecule has 0 saturated heterocycles. The fourth-order valence-electron chi connectivity index (χ4n) is 3.27. The predicted octanol–water partition coefficient (Wildman–Crippen LogP) is 4.15. The van der Waals surface area contributed by atoms with Crippen LogP contribution in [0.4, 0.5) is 4.39 Å². The molecule has 0 aliphatic carbocycles. The molecule has 0 saturated carbocycles. The van der Waals surface area contributed by atoms with Gasteiger partial charge in [-0.15, -0.1) is 0 Å². The summed E-state index contributed by atoms with van der Waals surface area (Å²) in [6, 6.07) is 9.16. The molecule has 0 aliphatic rings. The summed E-state index contributed by atoms with van der Waals surface area (Å²) >= 11 is 6.18. The van der Waals surface area contributed by atoms with Crippen LogP contribution in [0, 0.1) is 12.7 Å². The highest BCUT2D eigenvalue weighted by Crippen LogP contribution is 2.24. The van der Waals surface area contributed by atoms with Crippen LogP contribution in [0.5, 0.6) is 0 Å². The minimum atomic E-state index is -3.78. The summed E-state index contributed by atoms with van der Waals surface area (Å²) in [6.45, 7) is 7.03. The van der Waals surface area contributed by atoms with Crippen molar-refractivity contribution in [2.75, 3.05) is 0 Å². The molecule has 32 heavy (non-hydrogen) atoms. The van der Waals surface area contributed by atoms with Crippen molar-refractivity contribution in [1.82, 2.24) is 19.8 Å². The fourth-order valence-corrected chi connectivity index (χ4v) is 4.75. The number of hydrogen-bond acceptors (Lipinski definition) is 4. The van der Waals surface area contributed by atoms with Crippen molar-refractivity contribution in [1.29, 1.82) is 0 Å². The molecule has 0 bridgehead atoms. The largest absolute Gasteiger partial charge is 0.345 e. The highest BCUT2D eigenvalue weighted by atomic mass is 35.5. The molecule has 2 aromatic carbocycles.